The number of benzene rings is 1. The quantitative estimate of drug-likeness (QED) is 0.523. The highest BCUT2D eigenvalue weighted by atomic mass is 35.5. The van der Waals surface area contributed by atoms with Crippen LogP contribution in [-0.4, -0.2) is 37.7 Å². The molecule has 0 saturated carbocycles. The van der Waals surface area contributed by atoms with Crippen LogP contribution >= 0.6 is 23.2 Å². The summed E-state index contributed by atoms with van der Waals surface area (Å²) in [6.45, 7) is 3.06. The Labute approximate surface area is 150 Å². The third kappa shape index (κ3) is 3.11. The SMILES string of the molecule is Clc1nc(Cl)c2cnn(C3CCN(Cc4ccccc4)CC3)c2n1. The summed E-state index contributed by atoms with van der Waals surface area (Å²) in [5.74, 6) is 0. The van der Waals surface area contributed by atoms with E-state index in [0.29, 0.717) is 11.2 Å². The van der Waals surface area contributed by atoms with E-state index in [4.69, 9.17) is 23.2 Å². The van der Waals surface area contributed by atoms with Gasteiger partial charge in [-0.2, -0.15) is 10.1 Å². The lowest BCUT2D eigenvalue weighted by atomic mass is 10.0. The smallest absolute Gasteiger partial charge is 0.225 e. The van der Waals surface area contributed by atoms with Crippen LogP contribution in [-0.2, 0) is 6.54 Å². The number of nitrogens with zero attached hydrogens (tertiary/aromatic N) is 5. The Kier molecular flexibility index (Phi) is 4.39. The van der Waals surface area contributed by atoms with Crippen molar-refractivity contribution in [2.24, 2.45) is 0 Å². The Morgan fingerprint density at radius 1 is 1.04 bits per heavy atom. The van der Waals surface area contributed by atoms with E-state index in [1.807, 2.05) is 4.68 Å². The zero-order chi connectivity index (χ0) is 16.5. The third-order valence-corrected chi connectivity index (χ3v) is 4.99. The highest BCUT2D eigenvalue weighted by Gasteiger charge is 2.23. The maximum Gasteiger partial charge on any atom is 0.225 e. The molecule has 1 aliphatic rings. The van der Waals surface area contributed by atoms with Gasteiger partial charge in [0.15, 0.2) is 5.65 Å². The molecular formula is C17H17Cl2N5. The van der Waals surface area contributed by atoms with E-state index >= 15 is 0 Å². The molecule has 1 aromatic carbocycles. The standard InChI is InChI=1S/C17H17Cl2N5/c18-15-14-10-20-24(16(14)22-17(19)21-15)13-6-8-23(9-7-13)11-12-4-2-1-3-5-12/h1-5,10,13H,6-9,11H2. The number of hydrogen-bond donors (Lipinski definition) is 0. The molecule has 0 atom stereocenters. The summed E-state index contributed by atoms with van der Waals surface area (Å²) < 4.78 is 1.95. The van der Waals surface area contributed by atoms with Crippen molar-refractivity contribution >= 4 is 34.2 Å². The summed E-state index contributed by atoms with van der Waals surface area (Å²) in [7, 11) is 0. The molecule has 2 aromatic heterocycles. The third-order valence-electron chi connectivity index (χ3n) is 4.53. The lowest BCUT2D eigenvalue weighted by molar-refractivity contribution is 0.175. The van der Waals surface area contributed by atoms with Gasteiger partial charge in [-0.05, 0) is 30.0 Å². The molecule has 0 bridgehead atoms. The second-order valence-electron chi connectivity index (χ2n) is 6.10. The monoisotopic (exact) mass is 361 g/mol. The van der Waals surface area contributed by atoms with Crippen LogP contribution in [0, 0.1) is 0 Å². The summed E-state index contributed by atoms with van der Waals surface area (Å²) >= 11 is 12.1. The van der Waals surface area contributed by atoms with Crippen LogP contribution in [0.25, 0.3) is 11.0 Å². The van der Waals surface area contributed by atoms with E-state index in [2.05, 4.69) is 50.3 Å². The average molecular weight is 362 g/mol. The van der Waals surface area contributed by atoms with Crippen LogP contribution in [0.1, 0.15) is 24.4 Å². The van der Waals surface area contributed by atoms with E-state index < -0.39 is 0 Å². The minimum atomic E-state index is 0.163. The van der Waals surface area contributed by atoms with Crippen molar-refractivity contribution in [2.75, 3.05) is 13.1 Å². The number of aromatic nitrogens is 4. The maximum atomic E-state index is 6.13. The van der Waals surface area contributed by atoms with Crippen molar-refractivity contribution in [3.05, 3.63) is 52.5 Å². The second-order valence-corrected chi connectivity index (χ2v) is 6.80. The maximum absolute atomic E-state index is 6.13. The van der Waals surface area contributed by atoms with Gasteiger partial charge in [-0.15, -0.1) is 0 Å². The second kappa shape index (κ2) is 6.67. The van der Waals surface area contributed by atoms with Crippen LogP contribution in [0.15, 0.2) is 36.5 Å². The molecule has 1 fully saturated rings. The van der Waals surface area contributed by atoms with Gasteiger partial charge in [0.25, 0.3) is 0 Å². The zero-order valence-corrected chi connectivity index (χ0v) is 14.6. The molecule has 0 N–H and O–H groups in total. The van der Waals surface area contributed by atoms with E-state index in [1.165, 1.54) is 5.56 Å². The Balaban J connectivity index is 1.48. The molecule has 7 heteroatoms. The molecule has 0 unspecified atom stereocenters. The Bertz CT molecular complexity index is 841. The molecule has 0 spiro atoms. The molecule has 124 valence electrons. The minimum Gasteiger partial charge on any atom is -0.299 e. The molecule has 1 aliphatic heterocycles. The van der Waals surface area contributed by atoms with Gasteiger partial charge in [0.05, 0.1) is 17.6 Å². The van der Waals surface area contributed by atoms with Crippen LogP contribution in [0.4, 0.5) is 0 Å². The fourth-order valence-corrected chi connectivity index (χ4v) is 3.72. The molecule has 5 nitrogen and oxygen atoms in total. The molecule has 0 aliphatic carbocycles. The lowest BCUT2D eigenvalue weighted by Crippen LogP contribution is -2.34. The number of hydrogen-bond acceptors (Lipinski definition) is 4. The molecule has 3 aromatic rings. The van der Waals surface area contributed by atoms with Gasteiger partial charge in [-0.1, -0.05) is 41.9 Å². The van der Waals surface area contributed by atoms with Crippen molar-refractivity contribution in [2.45, 2.75) is 25.4 Å². The van der Waals surface area contributed by atoms with E-state index in [1.54, 1.807) is 6.20 Å². The van der Waals surface area contributed by atoms with Crippen LogP contribution in [0.5, 0.6) is 0 Å². The summed E-state index contributed by atoms with van der Waals surface area (Å²) in [5.41, 5.74) is 2.08. The van der Waals surface area contributed by atoms with Gasteiger partial charge in [0.2, 0.25) is 5.28 Å². The van der Waals surface area contributed by atoms with Crippen molar-refractivity contribution in [1.82, 2.24) is 24.6 Å². The van der Waals surface area contributed by atoms with E-state index in [9.17, 15) is 0 Å². The van der Waals surface area contributed by atoms with Gasteiger partial charge in [-0.3, -0.25) is 4.90 Å². The molecule has 3 heterocycles. The predicted molar refractivity (Wildman–Crippen MR) is 95.3 cm³/mol. The first-order valence-corrected chi connectivity index (χ1v) is 8.79. The molecule has 0 amide bonds. The first-order valence-electron chi connectivity index (χ1n) is 8.03. The lowest BCUT2D eigenvalue weighted by Gasteiger charge is -2.32. The highest BCUT2D eigenvalue weighted by Crippen LogP contribution is 2.29. The van der Waals surface area contributed by atoms with Crippen LogP contribution < -0.4 is 0 Å². The van der Waals surface area contributed by atoms with Crippen molar-refractivity contribution in [3.63, 3.8) is 0 Å². The van der Waals surface area contributed by atoms with E-state index in [-0.39, 0.29) is 5.28 Å². The molecule has 1 saturated heterocycles. The van der Waals surface area contributed by atoms with Crippen molar-refractivity contribution in [3.8, 4) is 0 Å². The highest BCUT2D eigenvalue weighted by molar-refractivity contribution is 6.35. The molecule has 0 radical (unpaired) electrons. The van der Waals surface area contributed by atoms with E-state index in [0.717, 1.165) is 43.5 Å². The predicted octanol–water partition coefficient (Wildman–Crippen LogP) is 3.97. The average Bonchev–Trinajstić information content (AvgIpc) is 3.01. The van der Waals surface area contributed by atoms with Crippen LogP contribution in [0.2, 0.25) is 10.4 Å². The first-order chi connectivity index (χ1) is 11.7. The summed E-state index contributed by atoms with van der Waals surface area (Å²) in [5, 5.41) is 5.76. The normalized spacial score (nSPS) is 16.8. The van der Waals surface area contributed by atoms with Crippen molar-refractivity contribution < 1.29 is 0 Å². The van der Waals surface area contributed by atoms with Gasteiger partial charge in [0, 0.05) is 19.6 Å². The zero-order valence-electron chi connectivity index (χ0n) is 13.1. The molecule has 4 rings (SSSR count). The minimum absolute atomic E-state index is 0.163. The summed E-state index contributed by atoms with van der Waals surface area (Å²) in [4.78, 5) is 10.8. The fraction of sp³-hybridized carbons (Fsp3) is 0.353. The Hall–Kier alpha value is -1.69. The van der Waals surface area contributed by atoms with Gasteiger partial charge >= 0.3 is 0 Å². The molecule has 24 heavy (non-hydrogen) atoms. The van der Waals surface area contributed by atoms with Gasteiger partial charge in [0.1, 0.15) is 5.15 Å². The number of likely N-dealkylation sites (tertiary alicyclic amines) is 1. The Morgan fingerprint density at radius 3 is 2.54 bits per heavy atom. The van der Waals surface area contributed by atoms with Gasteiger partial charge < -0.3 is 0 Å². The first kappa shape index (κ1) is 15.8. The van der Waals surface area contributed by atoms with Crippen LogP contribution in [0.3, 0.4) is 0 Å². The number of rotatable bonds is 3. The number of piperidine rings is 1. The van der Waals surface area contributed by atoms with Gasteiger partial charge in [-0.25, -0.2) is 9.67 Å². The Morgan fingerprint density at radius 2 is 1.79 bits per heavy atom. The summed E-state index contributed by atoms with van der Waals surface area (Å²) in [6, 6.07) is 10.9. The fourth-order valence-electron chi connectivity index (χ4n) is 3.30. The summed E-state index contributed by atoms with van der Waals surface area (Å²) in [6.07, 6.45) is 3.79. The molecular weight excluding hydrogens is 345 g/mol. The largest absolute Gasteiger partial charge is 0.299 e. The topological polar surface area (TPSA) is 46.8 Å². The number of fused-ring (bicyclic) bond motifs is 1. The van der Waals surface area contributed by atoms with Crippen molar-refractivity contribution in [1.29, 1.82) is 0 Å². The number of halogens is 2.